The highest BCUT2D eigenvalue weighted by atomic mass is 35.5. The molecule has 0 spiro atoms. The zero-order valence-electron chi connectivity index (χ0n) is 12.6. The molecule has 1 aliphatic rings. The Balaban J connectivity index is 1.56. The average Bonchev–Trinajstić information content (AvgIpc) is 2.59. The number of carbonyl (C=O) groups is 1. The lowest BCUT2D eigenvalue weighted by molar-refractivity contribution is 0.0628. The molecule has 2 heterocycles. The molecule has 0 atom stereocenters. The number of aromatic nitrogens is 1. The normalized spacial score (nSPS) is 15.7. The number of piperazine rings is 1. The Kier molecular flexibility index (Phi) is 5.16. The lowest BCUT2D eigenvalue weighted by Gasteiger charge is -2.34. The Morgan fingerprint density at radius 2 is 1.70 bits per heavy atom. The summed E-state index contributed by atoms with van der Waals surface area (Å²) in [4.78, 5) is 20.5. The third kappa shape index (κ3) is 4.02. The van der Waals surface area contributed by atoms with Gasteiger partial charge in [-0.3, -0.25) is 14.7 Å². The molecule has 1 aliphatic heterocycles. The lowest BCUT2D eigenvalue weighted by atomic mass is 10.2. The molecule has 1 fully saturated rings. The summed E-state index contributed by atoms with van der Waals surface area (Å²) in [6.07, 6.45) is 3.29. The number of hydrogen-bond acceptors (Lipinski definition) is 3. The molecule has 4 nitrogen and oxygen atoms in total. The molecule has 1 aromatic carbocycles. The van der Waals surface area contributed by atoms with E-state index in [4.69, 9.17) is 23.2 Å². The second-order valence-electron chi connectivity index (χ2n) is 5.55. The van der Waals surface area contributed by atoms with E-state index in [0.29, 0.717) is 15.6 Å². The predicted octanol–water partition coefficient (Wildman–Crippen LogP) is 3.35. The number of halogens is 2. The number of rotatable bonds is 3. The second-order valence-corrected chi connectivity index (χ2v) is 6.37. The van der Waals surface area contributed by atoms with E-state index >= 15 is 0 Å². The van der Waals surface area contributed by atoms with Crippen molar-refractivity contribution in [2.75, 3.05) is 26.2 Å². The quantitative estimate of drug-likeness (QED) is 0.852. The second kappa shape index (κ2) is 7.30. The Bertz CT molecular complexity index is 685. The van der Waals surface area contributed by atoms with Crippen molar-refractivity contribution in [3.63, 3.8) is 0 Å². The smallest absolute Gasteiger partial charge is 0.254 e. The first kappa shape index (κ1) is 16.2. The summed E-state index contributed by atoms with van der Waals surface area (Å²) in [5.41, 5.74) is 1.83. The lowest BCUT2D eigenvalue weighted by Crippen LogP contribution is -2.48. The minimum atomic E-state index is 0.0709. The fraction of sp³-hybridized carbons (Fsp3) is 0.294. The molecule has 1 aromatic heterocycles. The van der Waals surface area contributed by atoms with Gasteiger partial charge in [0.15, 0.2) is 0 Å². The molecule has 0 aliphatic carbocycles. The van der Waals surface area contributed by atoms with Gasteiger partial charge in [0.1, 0.15) is 0 Å². The largest absolute Gasteiger partial charge is 0.336 e. The van der Waals surface area contributed by atoms with Crippen molar-refractivity contribution in [1.29, 1.82) is 0 Å². The Morgan fingerprint density at radius 1 is 1.00 bits per heavy atom. The van der Waals surface area contributed by atoms with Gasteiger partial charge in [0.05, 0.1) is 10.0 Å². The molecule has 3 rings (SSSR count). The first-order valence-corrected chi connectivity index (χ1v) is 8.24. The summed E-state index contributed by atoms with van der Waals surface area (Å²) in [5.74, 6) is 0.0709. The van der Waals surface area contributed by atoms with Gasteiger partial charge in [-0.15, -0.1) is 0 Å². The van der Waals surface area contributed by atoms with E-state index in [0.717, 1.165) is 38.3 Å². The molecule has 2 aromatic rings. The van der Waals surface area contributed by atoms with Crippen molar-refractivity contribution >= 4 is 29.1 Å². The summed E-state index contributed by atoms with van der Waals surface area (Å²) in [6, 6.07) is 9.22. The summed E-state index contributed by atoms with van der Waals surface area (Å²) < 4.78 is 0. The third-order valence-electron chi connectivity index (χ3n) is 3.98. The number of hydrogen-bond donors (Lipinski definition) is 0. The van der Waals surface area contributed by atoms with Crippen LogP contribution in [0.2, 0.25) is 10.0 Å². The summed E-state index contributed by atoms with van der Waals surface area (Å²) >= 11 is 12.0. The van der Waals surface area contributed by atoms with E-state index in [-0.39, 0.29) is 5.91 Å². The van der Waals surface area contributed by atoms with E-state index in [9.17, 15) is 4.79 Å². The van der Waals surface area contributed by atoms with Crippen molar-refractivity contribution < 1.29 is 4.79 Å². The van der Waals surface area contributed by atoms with E-state index in [2.05, 4.69) is 9.88 Å². The molecule has 0 radical (unpaired) electrons. The SMILES string of the molecule is O=C(c1ccncc1)N1CCN(Cc2ccc(Cl)c(Cl)c2)CC1. The van der Waals surface area contributed by atoms with Crippen LogP contribution in [0.5, 0.6) is 0 Å². The maximum Gasteiger partial charge on any atom is 0.254 e. The highest BCUT2D eigenvalue weighted by molar-refractivity contribution is 6.42. The molecular formula is C17H17Cl2N3O. The zero-order valence-corrected chi connectivity index (χ0v) is 14.1. The minimum Gasteiger partial charge on any atom is -0.336 e. The van der Waals surface area contributed by atoms with Crippen LogP contribution in [0.25, 0.3) is 0 Å². The van der Waals surface area contributed by atoms with Gasteiger partial charge < -0.3 is 4.90 Å². The van der Waals surface area contributed by atoms with Crippen LogP contribution in [-0.2, 0) is 6.54 Å². The predicted molar refractivity (Wildman–Crippen MR) is 91.9 cm³/mol. The maximum atomic E-state index is 12.4. The first-order valence-electron chi connectivity index (χ1n) is 7.49. The number of carbonyl (C=O) groups excluding carboxylic acids is 1. The van der Waals surface area contributed by atoms with Gasteiger partial charge in [0, 0.05) is 50.7 Å². The average molecular weight is 350 g/mol. The molecule has 6 heteroatoms. The van der Waals surface area contributed by atoms with E-state index in [1.807, 2.05) is 23.1 Å². The molecule has 0 unspecified atom stereocenters. The molecular weight excluding hydrogens is 333 g/mol. The van der Waals surface area contributed by atoms with E-state index < -0.39 is 0 Å². The molecule has 0 N–H and O–H groups in total. The minimum absolute atomic E-state index is 0.0709. The first-order chi connectivity index (χ1) is 11.1. The maximum absolute atomic E-state index is 12.4. The van der Waals surface area contributed by atoms with Crippen LogP contribution < -0.4 is 0 Å². The number of benzene rings is 1. The van der Waals surface area contributed by atoms with Crippen molar-refractivity contribution in [2.24, 2.45) is 0 Å². The van der Waals surface area contributed by atoms with Gasteiger partial charge in [-0.2, -0.15) is 0 Å². The Labute approximate surface area is 145 Å². The fourth-order valence-electron chi connectivity index (χ4n) is 2.68. The molecule has 120 valence electrons. The Morgan fingerprint density at radius 3 is 2.35 bits per heavy atom. The van der Waals surface area contributed by atoms with Crippen LogP contribution in [0, 0.1) is 0 Å². The van der Waals surface area contributed by atoms with Gasteiger partial charge in [-0.25, -0.2) is 0 Å². The fourth-order valence-corrected chi connectivity index (χ4v) is 3.00. The summed E-state index contributed by atoms with van der Waals surface area (Å²) in [6.45, 7) is 3.95. The zero-order chi connectivity index (χ0) is 16.2. The van der Waals surface area contributed by atoms with Crippen LogP contribution in [-0.4, -0.2) is 46.9 Å². The molecule has 23 heavy (non-hydrogen) atoms. The standard InChI is InChI=1S/C17H17Cl2N3O/c18-15-2-1-13(11-16(15)19)12-21-7-9-22(10-8-21)17(23)14-3-5-20-6-4-14/h1-6,11H,7-10,12H2. The van der Waals surface area contributed by atoms with Crippen LogP contribution in [0.4, 0.5) is 0 Å². The monoisotopic (exact) mass is 349 g/mol. The van der Waals surface area contributed by atoms with Gasteiger partial charge >= 0.3 is 0 Å². The van der Waals surface area contributed by atoms with Gasteiger partial charge in [-0.1, -0.05) is 29.3 Å². The van der Waals surface area contributed by atoms with Crippen molar-refractivity contribution in [3.8, 4) is 0 Å². The molecule has 0 saturated carbocycles. The highest BCUT2D eigenvalue weighted by Crippen LogP contribution is 2.23. The topological polar surface area (TPSA) is 36.4 Å². The van der Waals surface area contributed by atoms with Gasteiger partial charge in [0.25, 0.3) is 5.91 Å². The number of amides is 1. The van der Waals surface area contributed by atoms with Gasteiger partial charge in [0.2, 0.25) is 0 Å². The van der Waals surface area contributed by atoms with Crippen LogP contribution >= 0.6 is 23.2 Å². The van der Waals surface area contributed by atoms with Crippen LogP contribution in [0.3, 0.4) is 0 Å². The van der Waals surface area contributed by atoms with Crippen LogP contribution in [0.15, 0.2) is 42.7 Å². The van der Waals surface area contributed by atoms with Crippen molar-refractivity contribution in [2.45, 2.75) is 6.54 Å². The Hall–Kier alpha value is -1.62. The van der Waals surface area contributed by atoms with Crippen molar-refractivity contribution in [1.82, 2.24) is 14.8 Å². The molecule has 0 bridgehead atoms. The highest BCUT2D eigenvalue weighted by Gasteiger charge is 2.22. The van der Waals surface area contributed by atoms with E-state index in [1.165, 1.54) is 0 Å². The number of nitrogens with zero attached hydrogens (tertiary/aromatic N) is 3. The third-order valence-corrected chi connectivity index (χ3v) is 4.72. The van der Waals surface area contributed by atoms with Crippen molar-refractivity contribution in [3.05, 3.63) is 63.9 Å². The van der Waals surface area contributed by atoms with Crippen LogP contribution in [0.1, 0.15) is 15.9 Å². The summed E-state index contributed by atoms with van der Waals surface area (Å²) in [7, 11) is 0. The van der Waals surface area contributed by atoms with E-state index in [1.54, 1.807) is 24.5 Å². The molecule has 1 amide bonds. The van der Waals surface area contributed by atoms with Gasteiger partial charge in [-0.05, 0) is 29.8 Å². The summed E-state index contributed by atoms with van der Waals surface area (Å²) in [5, 5.41) is 1.15. The molecule has 1 saturated heterocycles. The number of pyridine rings is 1.